The second kappa shape index (κ2) is 4.87. The largest absolute Gasteiger partial charge is 0.312 e. The zero-order valence-electron chi connectivity index (χ0n) is 10.9. The van der Waals surface area contributed by atoms with Crippen LogP contribution in [0.5, 0.6) is 0 Å². The van der Waals surface area contributed by atoms with Crippen LogP contribution in [0.2, 0.25) is 0 Å². The third-order valence-electron chi connectivity index (χ3n) is 4.08. The molecule has 1 N–H and O–H groups in total. The van der Waals surface area contributed by atoms with E-state index in [1.165, 1.54) is 28.8 Å². The molecule has 0 bridgehead atoms. The minimum Gasteiger partial charge on any atom is -0.312 e. The highest BCUT2D eigenvalue weighted by Crippen LogP contribution is 2.43. The summed E-state index contributed by atoms with van der Waals surface area (Å²) in [7, 11) is 2.09. The molecule has 0 amide bonds. The van der Waals surface area contributed by atoms with Crippen molar-refractivity contribution in [2.45, 2.75) is 31.7 Å². The average molecular weight is 257 g/mol. The van der Waals surface area contributed by atoms with Crippen LogP contribution in [-0.2, 0) is 6.42 Å². The van der Waals surface area contributed by atoms with E-state index in [0.717, 1.165) is 0 Å². The highest BCUT2D eigenvalue weighted by atomic mass is 32.1. The summed E-state index contributed by atoms with van der Waals surface area (Å²) in [6.45, 7) is 2.22. The SMILES string of the molecule is CNC(c1sccc1C)C1CCc2ccccc21. The molecule has 0 saturated carbocycles. The van der Waals surface area contributed by atoms with Gasteiger partial charge in [-0.2, -0.15) is 0 Å². The first-order valence-corrected chi connectivity index (χ1v) is 7.48. The van der Waals surface area contributed by atoms with Crippen molar-refractivity contribution >= 4 is 11.3 Å². The summed E-state index contributed by atoms with van der Waals surface area (Å²) in [4.78, 5) is 1.50. The van der Waals surface area contributed by atoms with Crippen molar-refractivity contribution in [3.63, 3.8) is 0 Å². The molecule has 0 saturated heterocycles. The molecule has 2 aromatic rings. The van der Waals surface area contributed by atoms with E-state index in [-0.39, 0.29) is 0 Å². The van der Waals surface area contributed by atoms with E-state index in [1.807, 2.05) is 11.3 Å². The zero-order chi connectivity index (χ0) is 12.5. The maximum atomic E-state index is 3.54. The van der Waals surface area contributed by atoms with Crippen LogP contribution >= 0.6 is 11.3 Å². The van der Waals surface area contributed by atoms with Crippen LogP contribution in [0, 0.1) is 6.92 Å². The Labute approximate surface area is 113 Å². The van der Waals surface area contributed by atoms with Gasteiger partial charge in [0.15, 0.2) is 0 Å². The van der Waals surface area contributed by atoms with Crippen LogP contribution in [0.15, 0.2) is 35.7 Å². The molecule has 2 heteroatoms. The third kappa shape index (κ3) is 1.90. The van der Waals surface area contributed by atoms with Crippen molar-refractivity contribution in [1.82, 2.24) is 5.32 Å². The van der Waals surface area contributed by atoms with E-state index in [4.69, 9.17) is 0 Å². The smallest absolute Gasteiger partial charge is 0.0484 e. The van der Waals surface area contributed by atoms with E-state index < -0.39 is 0 Å². The van der Waals surface area contributed by atoms with Crippen LogP contribution in [-0.4, -0.2) is 7.05 Å². The van der Waals surface area contributed by atoms with Crippen LogP contribution in [0.25, 0.3) is 0 Å². The molecule has 0 aliphatic heterocycles. The number of rotatable bonds is 3. The standard InChI is InChI=1S/C16H19NS/c1-11-9-10-18-16(11)15(17-2)14-8-7-12-5-3-4-6-13(12)14/h3-6,9-10,14-15,17H,7-8H2,1-2H3. The lowest BCUT2D eigenvalue weighted by atomic mass is 9.91. The van der Waals surface area contributed by atoms with Crippen LogP contribution in [0.4, 0.5) is 0 Å². The van der Waals surface area contributed by atoms with E-state index in [1.54, 1.807) is 5.56 Å². The van der Waals surface area contributed by atoms with Crippen LogP contribution in [0.1, 0.15) is 39.9 Å². The molecule has 1 nitrogen and oxygen atoms in total. The van der Waals surface area contributed by atoms with E-state index in [9.17, 15) is 0 Å². The Balaban J connectivity index is 1.98. The lowest BCUT2D eigenvalue weighted by Gasteiger charge is -2.24. The first kappa shape index (κ1) is 11.9. The Kier molecular flexibility index (Phi) is 3.23. The molecule has 2 unspecified atom stereocenters. The Morgan fingerprint density at radius 3 is 2.83 bits per heavy atom. The van der Waals surface area contributed by atoms with Gasteiger partial charge in [-0.05, 0) is 54.9 Å². The summed E-state index contributed by atoms with van der Waals surface area (Å²) < 4.78 is 0. The summed E-state index contributed by atoms with van der Waals surface area (Å²) in [5.41, 5.74) is 4.50. The molecular formula is C16H19NS. The van der Waals surface area contributed by atoms with Gasteiger partial charge in [0.05, 0.1) is 0 Å². The van der Waals surface area contributed by atoms with Crippen molar-refractivity contribution < 1.29 is 0 Å². The van der Waals surface area contributed by atoms with Gasteiger partial charge < -0.3 is 5.32 Å². The molecule has 1 heterocycles. The first-order chi connectivity index (χ1) is 8.81. The molecule has 0 fully saturated rings. The van der Waals surface area contributed by atoms with Gasteiger partial charge in [0.25, 0.3) is 0 Å². The maximum Gasteiger partial charge on any atom is 0.0484 e. The topological polar surface area (TPSA) is 12.0 Å². The predicted molar refractivity (Wildman–Crippen MR) is 78.4 cm³/mol. The van der Waals surface area contributed by atoms with Gasteiger partial charge >= 0.3 is 0 Å². The summed E-state index contributed by atoms with van der Waals surface area (Å²) >= 11 is 1.88. The number of thiophene rings is 1. The van der Waals surface area contributed by atoms with Crippen LogP contribution < -0.4 is 5.32 Å². The van der Waals surface area contributed by atoms with Gasteiger partial charge in [0.1, 0.15) is 0 Å². The maximum absolute atomic E-state index is 3.54. The van der Waals surface area contributed by atoms with Crippen molar-refractivity contribution in [3.8, 4) is 0 Å². The Morgan fingerprint density at radius 2 is 2.11 bits per heavy atom. The lowest BCUT2D eigenvalue weighted by molar-refractivity contribution is 0.482. The molecule has 3 rings (SSSR count). The second-order valence-electron chi connectivity index (χ2n) is 5.08. The van der Waals surface area contributed by atoms with Crippen molar-refractivity contribution in [3.05, 3.63) is 57.3 Å². The van der Waals surface area contributed by atoms with Gasteiger partial charge in [-0.25, -0.2) is 0 Å². The fourth-order valence-corrected chi connectivity index (χ4v) is 4.26. The Hall–Kier alpha value is -1.12. The summed E-state index contributed by atoms with van der Waals surface area (Å²) in [6, 6.07) is 11.6. The van der Waals surface area contributed by atoms with Crippen molar-refractivity contribution in [2.24, 2.45) is 0 Å². The van der Waals surface area contributed by atoms with Gasteiger partial charge in [-0.1, -0.05) is 24.3 Å². The third-order valence-corrected chi connectivity index (χ3v) is 5.18. The first-order valence-electron chi connectivity index (χ1n) is 6.60. The summed E-state index contributed by atoms with van der Waals surface area (Å²) in [5.74, 6) is 0.628. The highest BCUT2D eigenvalue weighted by molar-refractivity contribution is 7.10. The van der Waals surface area contributed by atoms with E-state index in [2.05, 4.69) is 55.0 Å². The molecule has 2 atom stereocenters. The fourth-order valence-electron chi connectivity index (χ4n) is 3.15. The molecule has 1 aromatic carbocycles. The number of hydrogen-bond acceptors (Lipinski definition) is 2. The number of hydrogen-bond donors (Lipinski definition) is 1. The molecule has 1 aliphatic rings. The number of aryl methyl sites for hydroxylation is 2. The van der Waals surface area contributed by atoms with Crippen LogP contribution in [0.3, 0.4) is 0 Å². The van der Waals surface area contributed by atoms with E-state index in [0.29, 0.717) is 12.0 Å². The Bertz CT molecular complexity index is 544. The quantitative estimate of drug-likeness (QED) is 0.875. The highest BCUT2D eigenvalue weighted by Gasteiger charge is 2.30. The minimum atomic E-state index is 0.466. The molecule has 1 aliphatic carbocycles. The molecule has 1 aromatic heterocycles. The average Bonchev–Trinajstić information content (AvgIpc) is 2.99. The molecule has 94 valence electrons. The Morgan fingerprint density at radius 1 is 1.28 bits per heavy atom. The molecule has 0 spiro atoms. The van der Waals surface area contributed by atoms with Gasteiger partial charge in [0.2, 0.25) is 0 Å². The van der Waals surface area contributed by atoms with E-state index >= 15 is 0 Å². The predicted octanol–water partition coefficient (Wildman–Crippen LogP) is 4.05. The normalized spacial score (nSPS) is 19.8. The van der Waals surface area contributed by atoms with Gasteiger partial charge in [0, 0.05) is 16.8 Å². The number of benzene rings is 1. The molecule has 0 radical (unpaired) electrons. The van der Waals surface area contributed by atoms with Crippen molar-refractivity contribution in [2.75, 3.05) is 7.05 Å². The molecular weight excluding hydrogens is 238 g/mol. The zero-order valence-corrected chi connectivity index (χ0v) is 11.8. The van der Waals surface area contributed by atoms with Gasteiger partial charge in [-0.15, -0.1) is 11.3 Å². The second-order valence-corrected chi connectivity index (χ2v) is 6.03. The number of likely N-dealkylation sites (N-methyl/N-ethyl adjacent to an activating group) is 1. The molecule has 18 heavy (non-hydrogen) atoms. The minimum absolute atomic E-state index is 0.466. The lowest BCUT2D eigenvalue weighted by Crippen LogP contribution is -2.22. The fraction of sp³-hybridized carbons (Fsp3) is 0.375. The van der Waals surface area contributed by atoms with Crippen molar-refractivity contribution in [1.29, 1.82) is 0 Å². The monoisotopic (exact) mass is 257 g/mol. The summed E-state index contributed by atoms with van der Waals surface area (Å²) in [5, 5.41) is 5.74. The summed E-state index contributed by atoms with van der Waals surface area (Å²) in [6.07, 6.45) is 2.49. The number of nitrogens with one attached hydrogen (secondary N) is 1. The number of fused-ring (bicyclic) bond motifs is 1. The van der Waals surface area contributed by atoms with Gasteiger partial charge in [-0.3, -0.25) is 0 Å².